The number of hydrogen-bond donors (Lipinski definition) is 4. The fourth-order valence-electron chi connectivity index (χ4n) is 3.71. The number of anilines is 1. The third-order valence-corrected chi connectivity index (χ3v) is 7.59. The van der Waals surface area contributed by atoms with Crippen LogP contribution in [-0.2, 0) is 9.84 Å². The number of aliphatic hydroxyl groups excluding tert-OH is 2. The standard InChI is InChI=1S/C17H18ClN5O4S/c18-9-1-3-10(4-2-9)28(26,27)13-7-12(14(24)15(13)25)23-6-5-11-16(22-19)20-8-21-17(11)23/h1-6,8,12-15,24-25H,7,19H2,(H,20,21,22)/t12-,13+,14+,15-/m1/s1. The van der Waals surface area contributed by atoms with Crippen LogP contribution in [0.4, 0.5) is 5.82 Å². The zero-order chi connectivity index (χ0) is 20.1. The Morgan fingerprint density at radius 2 is 1.86 bits per heavy atom. The topological polar surface area (TPSA) is 143 Å². The van der Waals surface area contributed by atoms with Crippen LogP contribution < -0.4 is 11.3 Å². The number of halogens is 1. The summed E-state index contributed by atoms with van der Waals surface area (Å²) in [6.07, 6.45) is 0.266. The minimum absolute atomic E-state index is 0.0203. The molecule has 28 heavy (non-hydrogen) atoms. The molecule has 0 spiro atoms. The first-order chi connectivity index (χ1) is 13.3. The average Bonchev–Trinajstić information content (AvgIpc) is 3.24. The molecule has 0 saturated heterocycles. The molecular weight excluding hydrogens is 406 g/mol. The third-order valence-electron chi connectivity index (χ3n) is 5.14. The summed E-state index contributed by atoms with van der Waals surface area (Å²) in [5, 5.41) is 21.0. The van der Waals surface area contributed by atoms with Crippen molar-refractivity contribution in [1.29, 1.82) is 0 Å². The molecule has 1 fully saturated rings. The Morgan fingerprint density at radius 1 is 1.14 bits per heavy atom. The van der Waals surface area contributed by atoms with Crippen molar-refractivity contribution in [2.45, 2.75) is 34.8 Å². The number of nitrogens with one attached hydrogen (secondary N) is 1. The second kappa shape index (κ2) is 6.98. The molecule has 1 saturated carbocycles. The van der Waals surface area contributed by atoms with Gasteiger partial charge in [0.15, 0.2) is 15.7 Å². The van der Waals surface area contributed by atoms with Gasteiger partial charge in [-0.2, -0.15) is 0 Å². The number of benzene rings is 1. The van der Waals surface area contributed by atoms with E-state index in [9.17, 15) is 18.6 Å². The Morgan fingerprint density at radius 3 is 2.54 bits per heavy atom. The fourth-order valence-corrected chi connectivity index (χ4v) is 5.68. The van der Waals surface area contributed by atoms with Gasteiger partial charge in [-0.05, 0) is 36.8 Å². The highest BCUT2D eigenvalue weighted by Gasteiger charge is 2.49. The van der Waals surface area contributed by atoms with Gasteiger partial charge in [-0.3, -0.25) is 0 Å². The Bertz CT molecular complexity index is 1120. The van der Waals surface area contributed by atoms with E-state index in [1.807, 2.05) is 0 Å². The average molecular weight is 424 g/mol. The highest BCUT2D eigenvalue weighted by atomic mass is 35.5. The number of aliphatic hydroxyl groups is 2. The second-order valence-electron chi connectivity index (χ2n) is 6.65. The van der Waals surface area contributed by atoms with Gasteiger partial charge >= 0.3 is 0 Å². The molecule has 0 unspecified atom stereocenters. The molecule has 4 atom stereocenters. The summed E-state index contributed by atoms with van der Waals surface area (Å²) in [5.41, 5.74) is 2.95. The number of hydrogen-bond acceptors (Lipinski definition) is 8. The second-order valence-corrected chi connectivity index (χ2v) is 9.25. The largest absolute Gasteiger partial charge is 0.389 e. The summed E-state index contributed by atoms with van der Waals surface area (Å²) in [7, 11) is -3.87. The maximum atomic E-state index is 13.0. The normalized spacial score (nSPS) is 25.3. The number of nitrogens with two attached hydrogens (primary N) is 1. The number of nitrogen functional groups attached to an aromatic ring is 1. The molecule has 148 valence electrons. The highest BCUT2D eigenvalue weighted by molar-refractivity contribution is 7.92. The van der Waals surface area contributed by atoms with Gasteiger partial charge in [-0.1, -0.05) is 11.6 Å². The van der Waals surface area contributed by atoms with E-state index in [2.05, 4.69) is 15.4 Å². The molecule has 1 aliphatic rings. The number of sulfone groups is 1. The van der Waals surface area contributed by atoms with Crippen molar-refractivity contribution in [2.75, 3.05) is 5.43 Å². The van der Waals surface area contributed by atoms with Crippen LogP contribution in [0.25, 0.3) is 11.0 Å². The summed E-state index contributed by atoms with van der Waals surface area (Å²) in [5.74, 6) is 5.86. The van der Waals surface area contributed by atoms with Crippen LogP contribution in [0.3, 0.4) is 0 Å². The molecule has 11 heteroatoms. The van der Waals surface area contributed by atoms with Gasteiger partial charge < -0.3 is 20.2 Å². The van der Waals surface area contributed by atoms with Crippen LogP contribution in [0.5, 0.6) is 0 Å². The number of aromatic nitrogens is 3. The lowest BCUT2D eigenvalue weighted by molar-refractivity contribution is 0.0252. The van der Waals surface area contributed by atoms with Crippen molar-refractivity contribution < 1.29 is 18.6 Å². The van der Waals surface area contributed by atoms with Crippen LogP contribution in [0.1, 0.15) is 12.5 Å². The molecule has 1 aromatic carbocycles. The van der Waals surface area contributed by atoms with Crippen molar-refractivity contribution in [3.63, 3.8) is 0 Å². The van der Waals surface area contributed by atoms with Gasteiger partial charge in [0.25, 0.3) is 0 Å². The molecule has 0 aliphatic heterocycles. The Kier molecular flexibility index (Phi) is 4.76. The first kappa shape index (κ1) is 19.1. The Hall–Kier alpha value is -2.24. The number of rotatable bonds is 4. The maximum Gasteiger partial charge on any atom is 0.183 e. The smallest absolute Gasteiger partial charge is 0.183 e. The van der Waals surface area contributed by atoms with Crippen molar-refractivity contribution in [3.8, 4) is 0 Å². The van der Waals surface area contributed by atoms with Gasteiger partial charge in [0.2, 0.25) is 0 Å². The summed E-state index contributed by atoms with van der Waals surface area (Å²) in [6.45, 7) is 0. The van der Waals surface area contributed by atoms with Gasteiger partial charge in [0, 0.05) is 11.2 Å². The van der Waals surface area contributed by atoms with Crippen LogP contribution in [-0.4, -0.2) is 50.6 Å². The molecule has 2 heterocycles. The van der Waals surface area contributed by atoms with E-state index in [1.54, 1.807) is 16.8 Å². The molecule has 0 amide bonds. The lowest BCUT2D eigenvalue weighted by atomic mass is 10.2. The first-order valence-electron chi connectivity index (χ1n) is 8.48. The van der Waals surface area contributed by atoms with E-state index in [0.29, 0.717) is 21.9 Å². The molecule has 2 aromatic heterocycles. The van der Waals surface area contributed by atoms with Gasteiger partial charge in [-0.25, -0.2) is 24.2 Å². The molecule has 5 N–H and O–H groups in total. The fraction of sp³-hybridized carbons (Fsp3) is 0.294. The highest BCUT2D eigenvalue weighted by Crippen LogP contribution is 2.39. The van der Waals surface area contributed by atoms with Crippen LogP contribution in [0.2, 0.25) is 5.02 Å². The monoisotopic (exact) mass is 423 g/mol. The number of fused-ring (bicyclic) bond motifs is 1. The zero-order valence-corrected chi connectivity index (χ0v) is 16.0. The summed E-state index contributed by atoms with van der Waals surface area (Å²) in [6, 6.07) is 6.76. The van der Waals surface area contributed by atoms with E-state index in [-0.39, 0.29) is 11.3 Å². The zero-order valence-electron chi connectivity index (χ0n) is 14.5. The number of nitrogens with zero attached hydrogens (tertiary/aromatic N) is 3. The van der Waals surface area contributed by atoms with Gasteiger partial charge in [0.1, 0.15) is 18.1 Å². The Balaban J connectivity index is 1.72. The van der Waals surface area contributed by atoms with E-state index in [1.165, 1.54) is 30.6 Å². The van der Waals surface area contributed by atoms with E-state index in [4.69, 9.17) is 17.4 Å². The molecule has 9 nitrogen and oxygen atoms in total. The minimum Gasteiger partial charge on any atom is -0.389 e. The summed E-state index contributed by atoms with van der Waals surface area (Å²) in [4.78, 5) is 8.27. The van der Waals surface area contributed by atoms with Crippen LogP contribution >= 0.6 is 11.6 Å². The molecule has 0 bridgehead atoms. The first-order valence-corrected chi connectivity index (χ1v) is 10.4. The molecule has 3 aromatic rings. The van der Waals surface area contributed by atoms with Crippen molar-refractivity contribution in [1.82, 2.24) is 14.5 Å². The Labute approximate surface area is 165 Å². The van der Waals surface area contributed by atoms with E-state index < -0.39 is 33.3 Å². The molecular formula is C17H18ClN5O4S. The lowest BCUT2D eigenvalue weighted by Gasteiger charge is -2.19. The quantitative estimate of drug-likeness (QED) is 0.357. The van der Waals surface area contributed by atoms with Crippen LogP contribution in [0, 0.1) is 0 Å². The molecule has 4 rings (SSSR count). The van der Waals surface area contributed by atoms with Crippen LogP contribution in [0.15, 0.2) is 47.8 Å². The summed E-state index contributed by atoms with van der Waals surface area (Å²) >= 11 is 5.83. The predicted molar refractivity (Wildman–Crippen MR) is 103 cm³/mol. The molecule has 0 radical (unpaired) electrons. The van der Waals surface area contributed by atoms with E-state index >= 15 is 0 Å². The maximum absolute atomic E-state index is 13.0. The van der Waals surface area contributed by atoms with Crippen molar-refractivity contribution >= 4 is 38.3 Å². The van der Waals surface area contributed by atoms with Gasteiger partial charge in [0.05, 0.1) is 27.7 Å². The predicted octanol–water partition coefficient (Wildman–Crippen LogP) is 0.879. The van der Waals surface area contributed by atoms with Crippen molar-refractivity contribution in [2.24, 2.45) is 5.84 Å². The minimum atomic E-state index is -3.87. The van der Waals surface area contributed by atoms with Crippen molar-refractivity contribution in [3.05, 3.63) is 47.9 Å². The lowest BCUT2D eigenvalue weighted by Crippen LogP contribution is -2.35. The SMILES string of the molecule is NNc1ncnc2c1ccn2[C@@H]1C[C@H](S(=O)(=O)c2ccc(Cl)cc2)[C@@H](O)[C@H]1O. The van der Waals surface area contributed by atoms with Gasteiger partial charge in [-0.15, -0.1) is 0 Å². The van der Waals surface area contributed by atoms with E-state index in [0.717, 1.165) is 0 Å². The number of hydrazine groups is 1. The molecule has 1 aliphatic carbocycles. The summed E-state index contributed by atoms with van der Waals surface area (Å²) < 4.78 is 27.7. The third kappa shape index (κ3) is 2.93.